The molecule has 0 amide bonds. The fraction of sp³-hybridized carbons (Fsp3) is 0.818. The molecule has 14 heavy (non-hydrogen) atoms. The highest BCUT2D eigenvalue weighted by atomic mass is 16.8. The average molecular weight is 197 g/mol. The molecule has 2 aliphatic rings. The van der Waals surface area contributed by atoms with Crippen LogP contribution in [0.25, 0.3) is 0 Å². The zero-order valence-electron chi connectivity index (χ0n) is 9.12. The summed E-state index contributed by atoms with van der Waals surface area (Å²) in [7, 11) is 0. The lowest BCUT2D eigenvalue weighted by molar-refractivity contribution is -0.156. The molecule has 0 radical (unpaired) electrons. The highest BCUT2D eigenvalue weighted by Crippen LogP contribution is 2.43. The first-order chi connectivity index (χ1) is 6.41. The zero-order valence-corrected chi connectivity index (χ0v) is 9.12. The van der Waals surface area contributed by atoms with Crippen molar-refractivity contribution in [2.75, 3.05) is 0 Å². The van der Waals surface area contributed by atoms with Crippen molar-refractivity contribution in [2.45, 2.75) is 51.2 Å². The van der Waals surface area contributed by atoms with Crippen LogP contribution >= 0.6 is 0 Å². The van der Waals surface area contributed by atoms with Gasteiger partial charge in [0.15, 0.2) is 5.79 Å². The van der Waals surface area contributed by atoms with Gasteiger partial charge in [0.1, 0.15) is 6.10 Å². The molecule has 4 atom stereocenters. The molecule has 80 valence electrons. The van der Waals surface area contributed by atoms with E-state index in [0.717, 1.165) is 12.0 Å². The van der Waals surface area contributed by atoms with Gasteiger partial charge in [-0.3, -0.25) is 0 Å². The molecule has 1 saturated heterocycles. The smallest absolute Gasteiger partial charge is 0.163 e. The molecule has 2 rings (SSSR count). The Morgan fingerprint density at radius 1 is 1.36 bits per heavy atom. The monoisotopic (exact) mass is 197 g/mol. The van der Waals surface area contributed by atoms with E-state index in [1.165, 1.54) is 0 Å². The first kappa shape index (κ1) is 10.1. The summed E-state index contributed by atoms with van der Waals surface area (Å²) in [5.74, 6) is -0.127. The van der Waals surface area contributed by atoms with Crippen molar-refractivity contribution in [1.29, 1.82) is 0 Å². The Morgan fingerprint density at radius 2 is 1.93 bits per heavy atom. The molecule has 2 fully saturated rings. The summed E-state index contributed by atoms with van der Waals surface area (Å²) in [6.45, 7) is 9.90. The van der Waals surface area contributed by atoms with Gasteiger partial charge in [0.25, 0.3) is 0 Å². The molecule has 1 aliphatic heterocycles. The summed E-state index contributed by atoms with van der Waals surface area (Å²) in [4.78, 5) is 0. The highest BCUT2D eigenvalue weighted by molar-refractivity contribution is 5.11. The number of fused-ring (bicyclic) bond motifs is 1. The van der Waals surface area contributed by atoms with Gasteiger partial charge in [-0.05, 0) is 27.2 Å². The second-order valence-corrected chi connectivity index (χ2v) is 4.92. The van der Waals surface area contributed by atoms with Crippen molar-refractivity contribution in [3.63, 3.8) is 0 Å². The Labute approximate surface area is 85.3 Å². The Kier molecular flexibility index (Phi) is 2.21. The number of hydrogen-bond donors (Lipinski definition) is 1. The molecular formula is C11H19NO2. The second kappa shape index (κ2) is 3.05. The van der Waals surface area contributed by atoms with E-state index in [2.05, 4.69) is 6.58 Å². The van der Waals surface area contributed by atoms with Gasteiger partial charge in [0, 0.05) is 12.0 Å². The van der Waals surface area contributed by atoms with Crippen LogP contribution in [0, 0.1) is 5.92 Å². The van der Waals surface area contributed by atoms with Crippen molar-refractivity contribution in [3.8, 4) is 0 Å². The van der Waals surface area contributed by atoms with Gasteiger partial charge in [-0.25, -0.2) is 0 Å². The van der Waals surface area contributed by atoms with E-state index < -0.39 is 5.79 Å². The standard InChI is InChI=1S/C11H19NO2/c1-6(2)7-5-8(12)10-9(7)13-11(3,4)14-10/h7-10H,1,5,12H2,2-4H3/t7-,8-,9-,10+/m1/s1. The molecule has 0 unspecified atom stereocenters. The molecule has 0 aromatic rings. The number of rotatable bonds is 1. The van der Waals surface area contributed by atoms with Crippen LogP contribution < -0.4 is 5.73 Å². The molecular weight excluding hydrogens is 178 g/mol. The lowest BCUT2D eigenvalue weighted by atomic mass is 9.98. The molecule has 0 spiro atoms. The number of hydrogen-bond acceptors (Lipinski definition) is 3. The normalized spacial score (nSPS) is 45.1. The molecule has 1 aliphatic carbocycles. The fourth-order valence-electron chi connectivity index (χ4n) is 2.50. The topological polar surface area (TPSA) is 44.5 Å². The van der Waals surface area contributed by atoms with E-state index in [4.69, 9.17) is 15.2 Å². The van der Waals surface area contributed by atoms with Crippen LogP contribution in [0.5, 0.6) is 0 Å². The minimum atomic E-state index is -0.485. The van der Waals surface area contributed by atoms with Crippen molar-refractivity contribution in [1.82, 2.24) is 0 Å². The maximum absolute atomic E-state index is 6.02. The van der Waals surface area contributed by atoms with E-state index >= 15 is 0 Å². The Hall–Kier alpha value is -0.380. The average Bonchev–Trinajstić information content (AvgIpc) is 2.47. The first-order valence-corrected chi connectivity index (χ1v) is 5.17. The Balaban J connectivity index is 2.19. The number of ether oxygens (including phenoxy) is 2. The molecule has 2 N–H and O–H groups in total. The van der Waals surface area contributed by atoms with Crippen LogP contribution in [-0.4, -0.2) is 24.0 Å². The highest BCUT2D eigenvalue weighted by Gasteiger charge is 2.52. The van der Waals surface area contributed by atoms with Crippen LogP contribution in [0.3, 0.4) is 0 Å². The maximum Gasteiger partial charge on any atom is 0.163 e. The number of nitrogens with two attached hydrogens (primary N) is 1. The van der Waals surface area contributed by atoms with Gasteiger partial charge in [-0.15, -0.1) is 0 Å². The molecule has 0 aromatic carbocycles. The van der Waals surface area contributed by atoms with Gasteiger partial charge < -0.3 is 15.2 Å². The summed E-state index contributed by atoms with van der Waals surface area (Å²) in [5, 5.41) is 0. The Bertz CT molecular complexity index is 262. The van der Waals surface area contributed by atoms with E-state index in [-0.39, 0.29) is 18.2 Å². The summed E-state index contributed by atoms with van der Waals surface area (Å²) < 4.78 is 11.6. The van der Waals surface area contributed by atoms with E-state index in [1.54, 1.807) is 0 Å². The van der Waals surface area contributed by atoms with Crippen molar-refractivity contribution < 1.29 is 9.47 Å². The van der Waals surface area contributed by atoms with Crippen LogP contribution in [0.15, 0.2) is 12.2 Å². The summed E-state index contributed by atoms with van der Waals surface area (Å²) in [5.41, 5.74) is 7.17. The minimum Gasteiger partial charge on any atom is -0.344 e. The minimum absolute atomic E-state index is 0.0479. The quantitative estimate of drug-likeness (QED) is 0.647. The SMILES string of the molecule is C=C(C)[C@H]1C[C@@H](N)[C@@H]2OC(C)(C)O[C@@H]21. The first-order valence-electron chi connectivity index (χ1n) is 5.17. The molecule has 3 heteroatoms. The lowest BCUT2D eigenvalue weighted by Crippen LogP contribution is -2.34. The maximum atomic E-state index is 6.02. The van der Waals surface area contributed by atoms with Crippen LogP contribution in [0.2, 0.25) is 0 Å². The van der Waals surface area contributed by atoms with E-state index in [1.807, 2.05) is 20.8 Å². The third-order valence-electron chi connectivity index (χ3n) is 3.14. The summed E-state index contributed by atoms with van der Waals surface area (Å²) in [6, 6.07) is 0.0866. The zero-order chi connectivity index (χ0) is 10.5. The molecule has 3 nitrogen and oxygen atoms in total. The fourth-order valence-corrected chi connectivity index (χ4v) is 2.50. The summed E-state index contributed by atoms with van der Waals surface area (Å²) in [6.07, 6.45) is 1.09. The molecule has 1 heterocycles. The largest absolute Gasteiger partial charge is 0.344 e. The van der Waals surface area contributed by atoms with E-state index in [9.17, 15) is 0 Å². The van der Waals surface area contributed by atoms with E-state index in [0.29, 0.717) is 5.92 Å². The van der Waals surface area contributed by atoms with Crippen molar-refractivity contribution in [2.24, 2.45) is 11.7 Å². The molecule has 0 aromatic heterocycles. The summed E-state index contributed by atoms with van der Waals surface area (Å²) >= 11 is 0. The van der Waals surface area contributed by atoms with Gasteiger partial charge in [0.05, 0.1) is 6.10 Å². The van der Waals surface area contributed by atoms with Crippen LogP contribution in [0.1, 0.15) is 27.2 Å². The molecule has 0 bridgehead atoms. The second-order valence-electron chi connectivity index (χ2n) is 4.92. The van der Waals surface area contributed by atoms with Crippen molar-refractivity contribution in [3.05, 3.63) is 12.2 Å². The Morgan fingerprint density at radius 3 is 2.50 bits per heavy atom. The van der Waals surface area contributed by atoms with Gasteiger partial charge in [-0.2, -0.15) is 0 Å². The van der Waals surface area contributed by atoms with Crippen LogP contribution in [-0.2, 0) is 9.47 Å². The van der Waals surface area contributed by atoms with Gasteiger partial charge in [-0.1, -0.05) is 12.2 Å². The van der Waals surface area contributed by atoms with Gasteiger partial charge in [0.2, 0.25) is 0 Å². The predicted octanol–water partition coefficient (Wildman–Crippen LogP) is 1.43. The third kappa shape index (κ3) is 1.49. The predicted molar refractivity (Wildman–Crippen MR) is 54.7 cm³/mol. The third-order valence-corrected chi connectivity index (χ3v) is 3.14. The van der Waals surface area contributed by atoms with Gasteiger partial charge >= 0.3 is 0 Å². The van der Waals surface area contributed by atoms with Crippen molar-refractivity contribution >= 4 is 0 Å². The lowest BCUT2D eigenvalue weighted by Gasteiger charge is -2.22. The van der Waals surface area contributed by atoms with Crippen LogP contribution in [0.4, 0.5) is 0 Å². The molecule has 1 saturated carbocycles.